The molecule has 1 N–H and O–H groups in total. The zero-order chi connectivity index (χ0) is 19.3. The van der Waals surface area contributed by atoms with Gasteiger partial charge in [0.1, 0.15) is 11.5 Å². The van der Waals surface area contributed by atoms with Gasteiger partial charge in [-0.15, -0.1) is 0 Å². The predicted molar refractivity (Wildman–Crippen MR) is 110 cm³/mol. The molecule has 4 rings (SSSR count). The lowest BCUT2D eigenvalue weighted by Gasteiger charge is -2.28. The van der Waals surface area contributed by atoms with Crippen LogP contribution in [0.4, 0.5) is 11.5 Å². The van der Waals surface area contributed by atoms with Crippen molar-refractivity contribution in [3.8, 4) is 11.4 Å². The molecule has 1 fully saturated rings. The molecule has 0 spiro atoms. The van der Waals surface area contributed by atoms with Gasteiger partial charge in [-0.05, 0) is 24.3 Å². The molecule has 1 saturated heterocycles. The Morgan fingerprint density at radius 1 is 1.00 bits per heavy atom. The lowest BCUT2D eigenvalue weighted by Crippen LogP contribution is -2.37. The summed E-state index contributed by atoms with van der Waals surface area (Å²) in [5.74, 6) is 0.945. The summed E-state index contributed by atoms with van der Waals surface area (Å²) >= 11 is 5.91. The highest BCUT2D eigenvalue weighted by Crippen LogP contribution is 2.22. The van der Waals surface area contributed by atoms with Gasteiger partial charge in [0, 0.05) is 35.4 Å². The van der Waals surface area contributed by atoms with Gasteiger partial charge in [-0.25, -0.2) is 9.97 Å². The monoisotopic (exact) mass is 394 g/mol. The lowest BCUT2D eigenvalue weighted by atomic mass is 10.2. The number of aromatic nitrogens is 2. The van der Waals surface area contributed by atoms with Crippen molar-refractivity contribution in [1.82, 2.24) is 9.97 Å². The smallest absolute Gasteiger partial charge is 0.274 e. The van der Waals surface area contributed by atoms with E-state index in [2.05, 4.69) is 15.2 Å². The molecule has 0 atom stereocenters. The molecule has 0 bridgehead atoms. The highest BCUT2D eigenvalue weighted by Gasteiger charge is 2.18. The van der Waals surface area contributed by atoms with E-state index in [1.807, 2.05) is 30.3 Å². The van der Waals surface area contributed by atoms with Gasteiger partial charge < -0.3 is 15.0 Å². The molecule has 3 aromatic rings. The third-order valence-electron chi connectivity index (χ3n) is 4.41. The average molecular weight is 395 g/mol. The van der Waals surface area contributed by atoms with E-state index in [1.54, 1.807) is 30.3 Å². The molecule has 1 amide bonds. The Morgan fingerprint density at radius 2 is 1.71 bits per heavy atom. The third kappa shape index (κ3) is 4.30. The number of ether oxygens (including phenoxy) is 1. The van der Waals surface area contributed by atoms with Crippen molar-refractivity contribution in [1.29, 1.82) is 0 Å². The zero-order valence-corrected chi connectivity index (χ0v) is 15.9. The first kappa shape index (κ1) is 18.4. The molecule has 6 nitrogen and oxygen atoms in total. The van der Waals surface area contributed by atoms with E-state index in [0.717, 1.165) is 24.5 Å². The van der Waals surface area contributed by atoms with Gasteiger partial charge in [0.05, 0.1) is 13.2 Å². The molecular formula is C21H19ClN4O2. The van der Waals surface area contributed by atoms with E-state index < -0.39 is 0 Å². The van der Waals surface area contributed by atoms with E-state index in [0.29, 0.717) is 35.4 Å². The van der Waals surface area contributed by atoms with Crippen molar-refractivity contribution in [2.24, 2.45) is 0 Å². The fourth-order valence-electron chi connectivity index (χ4n) is 2.95. The van der Waals surface area contributed by atoms with Crippen molar-refractivity contribution in [3.05, 3.63) is 71.4 Å². The number of nitrogens with one attached hydrogen (secondary N) is 1. The Morgan fingerprint density at radius 3 is 2.43 bits per heavy atom. The Labute approximate surface area is 168 Å². The summed E-state index contributed by atoms with van der Waals surface area (Å²) < 4.78 is 5.43. The normalized spacial score (nSPS) is 14.0. The zero-order valence-electron chi connectivity index (χ0n) is 15.1. The maximum Gasteiger partial charge on any atom is 0.274 e. The fraction of sp³-hybridized carbons (Fsp3) is 0.190. The summed E-state index contributed by atoms with van der Waals surface area (Å²) in [4.78, 5) is 24.1. The second kappa shape index (κ2) is 8.37. The molecule has 0 unspecified atom stereocenters. The third-order valence-corrected chi connectivity index (χ3v) is 4.67. The minimum atomic E-state index is -0.295. The lowest BCUT2D eigenvalue weighted by molar-refractivity contribution is 0.102. The van der Waals surface area contributed by atoms with Crippen LogP contribution in [0.25, 0.3) is 11.4 Å². The second-order valence-electron chi connectivity index (χ2n) is 6.36. The molecule has 1 aromatic heterocycles. The molecule has 142 valence electrons. The molecule has 0 radical (unpaired) electrons. The van der Waals surface area contributed by atoms with Crippen LogP contribution in [-0.2, 0) is 4.74 Å². The molecule has 0 aliphatic carbocycles. The molecule has 1 aliphatic rings. The van der Waals surface area contributed by atoms with Crippen LogP contribution in [0.5, 0.6) is 0 Å². The number of hydrogen-bond acceptors (Lipinski definition) is 5. The Bertz CT molecular complexity index is 958. The number of anilines is 2. The first-order chi connectivity index (χ1) is 13.7. The van der Waals surface area contributed by atoms with Crippen molar-refractivity contribution in [2.75, 3.05) is 36.5 Å². The van der Waals surface area contributed by atoms with E-state index >= 15 is 0 Å². The highest BCUT2D eigenvalue weighted by molar-refractivity contribution is 6.30. The molecule has 28 heavy (non-hydrogen) atoms. The van der Waals surface area contributed by atoms with Gasteiger partial charge in [-0.1, -0.05) is 41.9 Å². The van der Waals surface area contributed by atoms with Crippen LogP contribution in [-0.4, -0.2) is 42.2 Å². The van der Waals surface area contributed by atoms with Crippen LogP contribution >= 0.6 is 11.6 Å². The summed E-state index contributed by atoms with van der Waals surface area (Å²) in [5.41, 5.74) is 1.82. The molecule has 2 heterocycles. The number of nitrogens with zero attached hydrogens (tertiary/aromatic N) is 3. The van der Waals surface area contributed by atoms with Crippen LogP contribution < -0.4 is 10.2 Å². The minimum Gasteiger partial charge on any atom is -0.378 e. The number of amides is 1. The van der Waals surface area contributed by atoms with Crippen molar-refractivity contribution in [3.63, 3.8) is 0 Å². The van der Waals surface area contributed by atoms with Gasteiger partial charge in [-0.2, -0.15) is 0 Å². The highest BCUT2D eigenvalue weighted by atomic mass is 35.5. The van der Waals surface area contributed by atoms with Crippen LogP contribution in [0, 0.1) is 0 Å². The van der Waals surface area contributed by atoms with Gasteiger partial charge in [0.15, 0.2) is 5.82 Å². The van der Waals surface area contributed by atoms with Gasteiger partial charge in [0.25, 0.3) is 5.91 Å². The molecule has 2 aromatic carbocycles. The summed E-state index contributed by atoms with van der Waals surface area (Å²) in [6.45, 7) is 2.72. The summed E-state index contributed by atoms with van der Waals surface area (Å²) in [6.07, 6.45) is 0. The van der Waals surface area contributed by atoms with Crippen LogP contribution in [0.3, 0.4) is 0 Å². The van der Waals surface area contributed by atoms with Crippen molar-refractivity contribution < 1.29 is 9.53 Å². The Balaban J connectivity index is 1.68. The second-order valence-corrected chi connectivity index (χ2v) is 6.80. The largest absolute Gasteiger partial charge is 0.378 e. The number of benzene rings is 2. The fourth-order valence-corrected chi connectivity index (χ4v) is 3.08. The summed E-state index contributed by atoms with van der Waals surface area (Å²) in [6, 6.07) is 18.3. The Kier molecular flexibility index (Phi) is 5.50. The SMILES string of the molecule is O=C(Nc1ccc(Cl)cc1)c1cc(N2CCOCC2)nc(-c2ccccc2)n1. The van der Waals surface area contributed by atoms with Crippen LogP contribution in [0.15, 0.2) is 60.7 Å². The van der Waals surface area contributed by atoms with Gasteiger partial charge in [-0.3, -0.25) is 4.79 Å². The average Bonchev–Trinajstić information content (AvgIpc) is 2.76. The van der Waals surface area contributed by atoms with Gasteiger partial charge >= 0.3 is 0 Å². The van der Waals surface area contributed by atoms with Crippen molar-refractivity contribution in [2.45, 2.75) is 0 Å². The summed E-state index contributed by atoms with van der Waals surface area (Å²) in [7, 11) is 0. The number of carbonyl (C=O) groups is 1. The molecule has 7 heteroatoms. The standard InChI is InChI=1S/C21H19ClN4O2/c22-16-6-8-17(9-7-16)23-21(27)18-14-19(26-10-12-28-13-11-26)25-20(24-18)15-4-2-1-3-5-15/h1-9,14H,10-13H2,(H,23,27). The molecule has 0 saturated carbocycles. The number of hydrogen-bond donors (Lipinski definition) is 1. The van der Waals surface area contributed by atoms with E-state index in [-0.39, 0.29) is 5.91 Å². The number of morpholine rings is 1. The molecule has 1 aliphatic heterocycles. The number of halogens is 1. The van der Waals surface area contributed by atoms with E-state index in [9.17, 15) is 4.79 Å². The Hall–Kier alpha value is -2.96. The number of carbonyl (C=O) groups excluding carboxylic acids is 1. The first-order valence-corrected chi connectivity index (χ1v) is 9.41. The maximum absolute atomic E-state index is 12.8. The predicted octanol–water partition coefficient (Wildman–Crippen LogP) is 3.89. The first-order valence-electron chi connectivity index (χ1n) is 9.03. The van der Waals surface area contributed by atoms with E-state index in [4.69, 9.17) is 21.3 Å². The van der Waals surface area contributed by atoms with Crippen LogP contribution in [0.2, 0.25) is 5.02 Å². The quantitative estimate of drug-likeness (QED) is 0.727. The van der Waals surface area contributed by atoms with Crippen LogP contribution in [0.1, 0.15) is 10.5 Å². The van der Waals surface area contributed by atoms with E-state index in [1.165, 1.54) is 0 Å². The topological polar surface area (TPSA) is 67.4 Å². The maximum atomic E-state index is 12.8. The van der Waals surface area contributed by atoms with Gasteiger partial charge in [0.2, 0.25) is 0 Å². The number of rotatable bonds is 4. The van der Waals surface area contributed by atoms with Crippen molar-refractivity contribution >= 4 is 29.0 Å². The molecular weight excluding hydrogens is 376 g/mol. The summed E-state index contributed by atoms with van der Waals surface area (Å²) in [5, 5.41) is 3.48. The minimum absolute atomic E-state index is 0.295.